The van der Waals surface area contributed by atoms with Gasteiger partial charge in [-0.3, -0.25) is 24.7 Å². The lowest BCUT2D eigenvalue weighted by Gasteiger charge is -2.24. The summed E-state index contributed by atoms with van der Waals surface area (Å²) in [6.45, 7) is 0.267. The highest BCUT2D eigenvalue weighted by Crippen LogP contribution is 2.30. The molecule has 2 aromatic rings. The number of amides is 3. The van der Waals surface area contributed by atoms with Crippen LogP contribution in [-0.2, 0) is 20.9 Å². The third-order valence-corrected chi connectivity index (χ3v) is 5.84. The molecule has 2 aromatic carbocycles. The van der Waals surface area contributed by atoms with Crippen LogP contribution in [0.25, 0.3) is 0 Å². The van der Waals surface area contributed by atoms with Crippen LogP contribution in [0, 0.1) is 5.92 Å². The molecule has 2 fully saturated rings. The summed E-state index contributed by atoms with van der Waals surface area (Å²) in [6, 6.07) is 15.2. The van der Waals surface area contributed by atoms with Crippen molar-refractivity contribution >= 4 is 52.3 Å². The van der Waals surface area contributed by atoms with Gasteiger partial charge in [0.05, 0.1) is 13.0 Å². The molecule has 1 saturated carbocycles. The number of rotatable bonds is 7. The van der Waals surface area contributed by atoms with E-state index in [4.69, 9.17) is 23.8 Å². The van der Waals surface area contributed by atoms with Crippen molar-refractivity contribution in [3.63, 3.8) is 0 Å². The third-order valence-electron chi connectivity index (χ3n) is 5.17. The summed E-state index contributed by atoms with van der Waals surface area (Å²) in [7, 11) is 0. The Morgan fingerprint density at radius 3 is 2.39 bits per heavy atom. The number of nitrogens with one attached hydrogen (secondary N) is 2. The number of carbonyl (C=O) groups excluding carboxylic acids is 3. The second-order valence-electron chi connectivity index (χ2n) is 7.59. The summed E-state index contributed by atoms with van der Waals surface area (Å²) in [5, 5.41) is 4.86. The zero-order chi connectivity index (χ0) is 22.0. The molecular formula is C22H21ClN4O3S. The predicted octanol–water partition coefficient (Wildman–Crippen LogP) is 3.11. The first-order valence-corrected chi connectivity index (χ1v) is 10.8. The second kappa shape index (κ2) is 9.03. The van der Waals surface area contributed by atoms with Crippen molar-refractivity contribution in [1.82, 2.24) is 15.3 Å². The van der Waals surface area contributed by atoms with E-state index in [1.165, 1.54) is 9.91 Å². The maximum Gasteiger partial charge on any atom is 0.254 e. The zero-order valence-electron chi connectivity index (χ0n) is 16.6. The van der Waals surface area contributed by atoms with E-state index in [0.29, 0.717) is 10.7 Å². The largest absolute Gasteiger partial charge is 0.326 e. The van der Waals surface area contributed by atoms with Gasteiger partial charge >= 0.3 is 0 Å². The Morgan fingerprint density at radius 2 is 1.74 bits per heavy atom. The zero-order valence-corrected chi connectivity index (χ0v) is 18.2. The van der Waals surface area contributed by atoms with Crippen LogP contribution >= 0.6 is 23.8 Å². The summed E-state index contributed by atoms with van der Waals surface area (Å²) in [4.78, 5) is 39.6. The van der Waals surface area contributed by atoms with Gasteiger partial charge in [0.2, 0.25) is 11.8 Å². The topological polar surface area (TPSA) is 81.8 Å². The quantitative estimate of drug-likeness (QED) is 0.626. The number of benzene rings is 2. The first kappa shape index (κ1) is 21.3. The van der Waals surface area contributed by atoms with Gasteiger partial charge in [-0.1, -0.05) is 41.9 Å². The van der Waals surface area contributed by atoms with Gasteiger partial charge in [0.1, 0.15) is 6.04 Å². The molecule has 2 N–H and O–H groups in total. The number of thiocarbonyl (C=S) groups is 1. The van der Waals surface area contributed by atoms with E-state index in [-0.39, 0.29) is 41.7 Å². The van der Waals surface area contributed by atoms with Gasteiger partial charge in [-0.15, -0.1) is 0 Å². The van der Waals surface area contributed by atoms with Crippen molar-refractivity contribution in [2.45, 2.75) is 31.8 Å². The molecule has 2 aliphatic rings. The van der Waals surface area contributed by atoms with Gasteiger partial charge in [0.15, 0.2) is 5.11 Å². The minimum absolute atomic E-state index is 0.0652. The molecule has 7 nitrogen and oxygen atoms in total. The number of hydrazine groups is 1. The van der Waals surface area contributed by atoms with Crippen LogP contribution in [0.5, 0.6) is 0 Å². The van der Waals surface area contributed by atoms with E-state index in [0.717, 1.165) is 18.4 Å². The van der Waals surface area contributed by atoms with Gasteiger partial charge in [-0.25, -0.2) is 5.01 Å². The first-order valence-electron chi connectivity index (χ1n) is 9.97. The molecule has 4 rings (SSSR count). The Kier molecular flexibility index (Phi) is 6.20. The van der Waals surface area contributed by atoms with Crippen molar-refractivity contribution < 1.29 is 14.4 Å². The van der Waals surface area contributed by atoms with E-state index in [1.807, 2.05) is 30.3 Å². The lowest BCUT2D eigenvalue weighted by molar-refractivity contribution is -0.133. The highest BCUT2D eigenvalue weighted by Gasteiger charge is 2.45. The maximum absolute atomic E-state index is 13.2. The normalized spacial score (nSPS) is 18.3. The Bertz CT molecular complexity index is 1010. The van der Waals surface area contributed by atoms with Crippen LogP contribution < -0.4 is 10.7 Å². The Balaban J connectivity index is 1.50. The number of hydrogen-bond acceptors (Lipinski definition) is 4. The van der Waals surface area contributed by atoms with E-state index in [1.54, 1.807) is 24.3 Å². The summed E-state index contributed by atoms with van der Waals surface area (Å²) in [5.74, 6) is -0.934. The van der Waals surface area contributed by atoms with Crippen molar-refractivity contribution in [3.8, 4) is 0 Å². The molecule has 1 aliphatic heterocycles. The van der Waals surface area contributed by atoms with Crippen molar-refractivity contribution in [2.24, 2.45) is 5.92 Å². The van der Waals surface area contributed by atoms with Crippen LogP contribution in [0.4, 0.5) is 5.69 Å². The van der Waals surface area contributed by atoms with Gasteiger partial charge < -0.3 is 5.32 Å². The molecule has 31 heavy (non-hydrogen) atoms. The average molecular weight is 457 g/mol. The lowest BCUT2D eigenvalue weighted by atomic mass is 10.1. The number of halogens is 1. The molecular weight excluding hydrogens is 436 g/mol. The Hall–Kier alpha value is -2.97. The van der Waals surface area contributed by atoms with Crippen LogP contribution in [0.2, 0.25) is 5.02 Å². The molecule has 1 heterocycles. The van der Waals surface area contributed by atoms with Crippen LogP contribution in [0.15, 0.2) is 54.6 Å². The smallest absolute Gasteiger partial charge is 0.254 e. The van der Waals surface area contributed by atoms with Gasteiger partial charge in [-0.2, -0.15) is 0 Å². The summed E-state index contributed by atoms with van der Waals surface area (Å²) >= 11 is 11.4. The van der Waals surface area contributed by atoms with Crippen molar-refractivity contribution in [2.75, 3.05) is 5.32 Å². The molecule has 1 unspecified atom stereocenters. The summed E-state index contributed by atoms with van der Waals surface area (Å²) in [6.07, 6.45) is 1.48. The molecule has 160 valence electrons. The first-order chi connectivity index (χ1) is 14.9. The fourth-order valence-electron chi connectivity index (χ4n) is 3.34. The average Bonchev–Trinajstić information content (AvgIpc) is 3.58. The van der Waals surface area contributed by atoms with Crippen LogP contribution in [0.3, 0.4) is 0 Å². The number of anilines is 1. The molecule has 0 spiro atoms. The highest BCUT2D eigenvalue weighted by molar-refractivity contribution is 7.80. The number of carbonyl (C=O) groups is 3. The van der Waals surface area contributed by atoms with Crippen LogP contribution in [0.1, 0.15) is 24.8 Å². The Labute approximate surface area is 190 Å². The van der Waals surface area contributed by atoms with Crippen molar-refractivity contribution in [1.29, 1.82) is 0 Å². The molecule has 1 atom stereocenters. The van der Waals surface area contributed by atoms with Crippen molar-refractivity contribution in [3.05, 3.63) is 65.2 Å². The lowest BCUT2D eigenvalue weighted by Crippen LogP contribution is -2.50. The van der Waals surface area contributed by atoms with Gasteiger partial charge in [0, 0.05) is 16.6 Å². The van der Waals surface area contributed by atoms with E-state index >= 15 is 0 Å². The highest BCUT2D eigenvalue weighted by atomic mass is 35.5. The van der Waals surface area contributed by atoms with Crippen LogP contribution in [-0.4, -0.2) is 38.8 Å². The SMILES string of the molecule is O=C(CC1C(=O)N(Cc2ccccc2)C(=S)N1NC(=O)C1CC1)Nc1ccc(Cl)cc1. The number of nitrogens with zero attached hydrogens (tertiary/aromatic N) is 2. The number of hydrogen-bond donors (Lipinski definition) is 2. The second-order valence-corrected chi connectivity index (χ2v) is 8.39. The summed E-state index contributed by atoms with van der Waals surface area (Å²) < 4.78 is 0. The molecule has 1 saturated heterocycles. The molecule has 0 radical (unpaired) electrons. The standard InChI is InChI=1S/C22H21ClN4O3S/c23-16-8-10-17(11-9-16)24-19(28)12-18-21(30)26(13-14-4-2-1-3-5-14)22(31)27(18)25-20(29)15-6-7-15/h1-5,8-11,15,18H,6-7,12-13H2,(H,24,28)(H,25,29). The molecule has 3 amide bonds. The van der Waals surface area contributed by atoms with Gasteiger partial charge in [-0.05, 0) is 54.9 Å². The van der Waals surface area contributed by atoms with E-state index in [2.05, 4.69) is 10.7 Å². The molecule has 0 aromatic heterocycles. The minimum Gasteiger partial charge on any atom is -0.326 e. The fraction of sp³-hybridized carbons (Fsp3) is 0.273. The van der Waals surface area contributed by atoms with E-state index < -0.39 is 6.04 Å². The predicted molar refractivity (Wildman–Crippen MR) is 121 cm³/mol. The van der Waals surface area contributed by atoms with E-state index in [9.17, 15) is 14.4 Å². The molecule has 1 aliphatic carbocycles. The fourth-order valence-corrected chi connectivity index (χ4v) is 3.79. The molecule has 9 heteroatoms. The molecule has 0 bridgehead atoms. The monoisotopic (exact) mass is 456 g/mol. The Morgan fingerprint density at radius 1 is 1.06 bits per heavy atom. The minimum atomic E-state index is -0.911. The van der Waals surface area contributed by atoms with Gasteiger partial charge in [0.25, 0.3) is 5.91 Å². The third kappa shape index (κ3) is 5.03. The maximum atomic E-state index is 13.2. The summed E-state index contributed by atoms with van der Waals surface area (Å²) in [5.41, 5.74) is 4.22.